The topological polar surface area (TPSA) is 157 Å². The third kappa shape index (κ3) is 4.24. The van der Waals surface area contributed by atoms with E-state index in [2.05, 4.69) is 9.97 Å². The highest BCUT2D eigenvalue weighted by atomic mass is 31.1. The zero-order valence-electron chi connectivity index (χ0n) is 16.9. The molecule has 1 fully saturated rings. The van der Waals surface area contributed by atoms with Gasteiger partial charge in [0, 0.05) is 12.1 Å². The maximum atomic E-state index is 12.3. The van der Waals surface area contributed by atoms with Gasteiger partial charge in [-0.1, -0.05) is 23.6 Å². The lowest BCUT2D eigenvalue weighted by molar-refractivity contribution is -0.894. The first-order chi connectivity index (χ1) is 13.6. The minimum Gasteiger partial charge on any atom is -0.388 e. The van der Waals surface area contributed by atoms with Crippen molar-refractivity contribution in [2.75, 3.05) is 5.73 Å². The molecule has 0 amide bonds. The molecule has 3 unspecified atom stereocenters. The Bertz CT molecular complexity index is 906. The van der Waals surface area contributed by atoms with Gasteiger partial charge in [-0.15, -0.1) is 0 Å². The van der Waals surface area contributed by atoms with Crippen LogP contribution in [0.5, 0.6) is 0 Å². The molecule has 3 rings (SSSR count). The first kappa shape index (κ1) is 21.9. The average molecular weight is 430 g/mol. The van der Waals surface area contributed by atoms with Gasteiger partial charge in [0.1, 0.15) is 18.5 Å². The number of aliphatic hydroxyl groups is 2. The van der Waals surface area contributed by atoms with Crippen LogP contribution < -0.4 is 10.5 Å². The van der Waals surface area contributed by atoms with E-state index < -0.39 is 38.2 Å². The van der Waals surface area contributed by atoms with Gasteiger partial charge >= 0.3 is 0 Å². The molecule has 5 N–H and O–H groups in total. The summed E-state index contributed by atoms with van der Waals surface area (Å²) in [5, 5.41) is 30.7. The Kier molecular flexibility index (Phi) is 6.16. The van der Waals surface area contributed by atoms with Gasteiger partial charge < -0.3 is 30.4 Å². The standard InChI is InChI=1S/C17H28N5O6P/c1-5-9(2)29(26)28-17(3,4)6-10-12(23)13(24)16(27-10)21-7-19-11-14(18)22(25)8-20-15(11)21/h7-10,12-13,16,18,23-25,29H,5-6H2,1-4H3/p+1/t9?,10-,12-,13-,16?/m1/s1. The van der Waals surface area contributed by atoms with Gasteiger partial charge in [0.05, 0.1) is 11.7 Å². The van der Waals surface area contributed by atoms with E-state index >= 15 is 0 Å². The number of nitrogen functional groups attached to an aromatic ring is 1. The second-order valence-electron chi connectivity index (χ2n) is 8.04. The van der Waals surface area contributed by atoms with Crippen LogP contribution in [0.15, 0.2) is 12.7 Å². The molecule has 0 bridgehead atoms. The number of hydrogen-bond acceptors (Lipinski definition) is 9. The zero-order chi connectivity index (χ0) is 21.5. The number of fused-ring (bicyclic) bond motifs is 1. The lowest BCUT2D eigenvalue weighted by Gasteiger charge is -2.30. The van der Waals surface area contributed by atoms with Crippen molar-refractivity contribution in [3.8, 4) is 0 Å². The summed E-state index contributed by atoms with van der Waals surface area (Å²) in [5.74, 6) is -0.0111. The molecule has 6 atom stereocenters. The molecule has 162 valence electrons. The fourth-order valence-corrected chi connectivity index (χ4v) is 4.49. The van der Waals surface area contributed by atoms with E-state index in [-0.39, 0.29) is 23.4 Å². The molecule has 12 heteroatoms. The Morgan fingerprint density at radius 1 is 1.41 bits per heavy atom. The van der Waals surface area contributed by atoms with Gasteiger partial charge in [-0.25, -0.2) is 4.98 Å². The number of aromatic nitrogens is 4. The minimum atomic E-state index is -2.25. The van der Waals surface area contributed by atoms with Crippen molar-refractivity contribution in [3.63, 3.8) is 0 Å². The lowest BCUT2D eigenvalue weighted by Crippen LogP contribution is -2.37. The molecule has 2 aromatic rings. The van der Waals surface area contributed by atoms with E-state index in [9.17, 15) is 20.0 Å². The Hall–Kier alpha value is -1.78. The molecule has 0 saturated carbocycles. The van der Waals surface area contributed by atoms with Gasteiger partial charge in [-0.3, -0.25) is 9.13 Å². The van der Waals surface area contributed by atoms with Crippen LogP contribution in [0.2, 0.25) is 0 Å². The van der Waals surface area contributed by atoms with Crippen LogP contribution in [0.4, 0.5) is 5.82 Å². The molecule has 0 radical (unpaired) electrons. The van der Waals surface area contributed by atoms with E-state index in [1.165, 1.54) is 10.9 Å². The van der Waals surface area contributed by atoms with Crippen molar-refractivity contribution < 1.29 is 34.0 Å². The molecule has 0 aromatic carbocycles. The molecule has 11 nitrogen and oxygen atoms in total. The second kappa shape index (κ2) is 8.16. The number of rotatable bonds is 7. The van der Waals surface area contributed by atoms with Crippen molar-refractivity contribution in [3.05, 3.63) is 12.7 Å². The summed E-state index contributed by atoms with van der Waals surface area (Å²) in [6.45, 7) is 7.38. The van der Waals surface area contributed by atoms with Crippen LogP contribution >= 0.6 is 8.03 Å². The molecule has 0 aliphatic carbocycles. The van der Waals surface area contributed by atoms with Crippen molar-refractivity contribution in [1.29, 1.82) is 0 Å². The summed E-state index contributed by atoms with van der Waals surface area (Å²) >= 11 is 0. The van der Waals surface area contributed by atoms with Gasteiger partial charge in [-0.05, 0) is 20.3 Å². The third-order valence-corrected chi connectivity index (χ3v) is 7.21. The maximum Gasteiger partial charge on any atom is 0.289 e. The van der Waals surface area contributed by atoms with Crippen LogP contribution in [-0.2, 0) is 13.8 Å². The molecule has 0 spiro atoms. The summed E-state index contributed by atoms with van der Waals surface area (Å²) in [5.41, 5.74) is 5.45. The highest BCUT2D eigenvalue weighted by Gasteiger charge is 2.47. The summed E-state index contributed by atoms with van der Waals surface area (Å²) in [4.78, 5) is 8.18. The number of hydrogen-bond donors (Lipinski definition) is 4. The number of anilines is 1. The van der Waals surface area contributed by atoms with Crippen molar-refractivity contribution >= 4 is 25.0 Å². The number of nitrogens with two attached hydrogens (primary N) is 1. The predicted octanol–water partition coefficient (Wildman–Crippen LogP) is 0.616. The first-order valence-corrected chi connectivity index (χ1v) is 10.9. The first-order valence-electron chi connectivity index (χ1n) is 9.52. The average Bonchev–Trinajstić information content (AvgIpc) is 3.20. The lowest BCUT2D eigenvalue weighted by atomic mass is 9.97. The molecule has 29 heavy (non-hydrogen) atoms. The minimum absolute atomic E-state index is 0.0111. The molecule has 1 aliphatic rings. The Balaban J connectivity index is 1.79. The largest absolute Gasteiger partial charge is 0.388 e. The van der Waals surface area contributed by atoms with Crippen molar-refractivity contribution in [1.82, 2.24) is 14.5 Å². The Morgan fingerprint density at radius 2 is 2.10 bits per heavy atom. The predicted molar refractivity (Wildman–Crippen MR) is 104 cm³/mol. The second-order valence-corrected chi connectivity index (χ2v) is 9.87. The van der Waals surface area contributed by atoms with Crippen molar-refractivity contribution in [2.45, 2.75) is 76.3 Å². The summed E-state index contributed by atoms with van der Waals surface area (Å²) in [7, 11) is -2.25. The quantitative estimate of drug-likeness (QED) is 0.281. The normalized spacial score (nSPS) is 27.4. The van der Waals surface area contributed by atoms with Crippen LogP contribution in [0, 0.1) is 0 Å². The number of ether oxygens (including phenoxy) is 1. The highest BCUT2D eigenvalue weighted by molar-refractivity contribution is 7.40. The number of aliphatic hydroxyl groups excluding tert-OH is 2. The van der Waals surface area contributed by atoms with Crippen LogP contribution in [-0.4, -0.2) is 59.5 Å². The summed E-state index contributed by atoms with van der Waals surface area (Å²) in [6.07, 6.45) is -0.682. The van der Waals surface area contributed by atoms with Gasteiger partial charge in [0.15, 0.2) is 14.3 Å². The summed E-state index contributed by atoms with van der Waals surface area (Å²) in [6, 6.07) is 0. The van der Waals surface area contributed by atoms with Crippen LogP contribution in [0.25, 0.3) is 11.2 Å². The molecule has 1 aliphatic heterocycles. The van der Waals surface area contributed by atoms with Crippen molar-refractivity contribution in [2.24, 2.45) is 0 Å². The van der Waals surface area contributed by atoms with E-state index in [1.54, 1.807) is 13.8 Å². The Morgan fingerprint density at radius 3 is 2.76 bits per heavy atom. The molecule has 1 saturated heterocycles. The van der Waals surface area contributed by atoms with Gasteiger partial charge in [0.25, 0.3) is 12.1 Å². The van der Waals surface area contributed by atoms with Crippen LogP contribution in [0.1, 0.15) is 46.8 Å². The SMILES string of the molecule is CCC(C)[PH](=O)OC(C)(C)C[C@H]1OC(n2cnc3c(N)[n+](O)cnc32)[C@H](O)[C@@H]1O. The van der Waals surface area contributed by atoms with E-state index in [1.807, 2.05) is 13.8 Å². The fourth-order valence-electron chi connectivity index (χ4n) is 3.32. The van der Waals surface area contributed by atoms with E-state index in [0.717, 1.165) is 12.7 Å². The third-order valence-electron chi connectivity index (χ3n) is 5.24. The van der Waals surface area contributed by atoms with E-state index in [4.69, 9.17) is 15.0 Å². The molecule has 3 heterocycles. The van der Waals surface area contributed by atoms with Crippen LogP contribution in [0.3, 0.4) is 0 Å². The highest BCUT2D eigenvalue weighted by Crippen LogP contribution is 2.41. The van der Waals surface area contributed by atoms with E-state index in [0.29, 0.717) is 10.4 Å². The zero-order valence-corrected chi connectivity index (χ0v) is 17.9. The van der Waals surface area contributed by atoms with Gasteiger partial charge in [-0.2, -0.15) is 0 Å². The molecular weight excluding hydrogens is 401 g/mol. The van der Waals surface area contributed by atoms with Gasteiger partial charge in [0.2, 0.25) is 11.2 Å². The maximum absolute atomic E-state index is 12.3. The molecular formula is C17H29N5O6P+. The monoisotopic (exact) mass is 430 g/mol. The fraction of sp³-hybridized carbons (Fsp3) is 0.706. The number of imidazole rings is 1. The smallest absolute Gasteiger partial charge is 0.289 e. The molecule has 2 aromatic heterocycles. The summed E-state index contributed by atoms with van der Waals surface area (Å²) < 4.78 is 26.1. The number of nitrogens with zero attached hydrogens (tertiary/aromatic N) is 4. The Labute approximate surface area is 168 Å².